The van der Waals surface area contributed by atoms with Crippen LogP contribution in [0.1, 0.15) is 11.1 Å². The number of methoxy groups -OCH3 is 1. The van der Waals surface area contributed by atoms with E-state index < -0.39 is 12.2 Å². The molecule has 0 radical (unpaired) electrons. The first kappa shape index (κ1) is 22.7. The van der Waals surface area contributed by atoms with Crippen LogP contribution in [0.25, 0.3) is 17.1 Å². The van der Waals surface area contributed by atoms with Gasteiger partial charge in [0.2, 0.25) is 11.8 Å². The third-order valence-electron chi connectivity index (χ3n) is 5.40. The first-order valence-electron chi connectivity index (χ1n) is 10.3. The SMILES string of the molecule is COc1ccc2nccc(C=CC(=O)N(C)C[C@@H]3CN(c4ccc(C)c(Br)c4)C(=O)O3)c2n1. The Morgan fingerprint density at radius 1 is 1.33 bits per heavy atom. The van der Waals surface area contributed by atoms with Crippen LogP contribution in [0.3, 0.4) is 0 Å². The Kier molecular flexibility index (Phi) is 6.60. The summed E-state index contributed by atoms with van der Waals surface area (Å²) in [4.78, 5) is 36.9. The molecule has 8 nitrogen and oxygen atoms in total. The molecule has 3 heterocycles. The van der Waals surface area contributed by atoms with Crippen molar-refractivity contribution >= 4 is 50.7 Å². The first-order chi connectivity index (χ1) is 15.9. The molecule has 1 atom stereocenters. The van der Waals surface area contributed by atoms with Gasteiger partial charge in [-0.3, -0.25) is 14.7 Å². The molecule has 2 aromatic heterocycles. The number of hydrogen-bond acceptors (Lipinski definition) is 6. The zero-order valence-corrected chi connectivity index (χ0v) is 20.1. The number of hydrogen-bond donors (Lipinski definition) is 0. The van der Waals surface area contributed by atoms with Crippen LogP contribution in [0.5, 0.6) is 5.88 Å². The van der Waals surface area contributed by atoms with Gasteiger partial charge in [-0.2, -0.15) is 0 Å². The predicted molar refractivity (Wildman–Crippen MR) is 129 cm³/mol. The highest BCUT2D eigenvalue weighted by molar-refractivity contribution is 9.10. The van der Waals surface area contributed by atoms with Crippen LogP contribution in [0.4, 0.5) is 10.5 Å². The minimum absolute atomic E-state index is 0.213. The molecular formula is C24H23BrN4O4. The largest absolute Gasteiger partial charge is 0.481 e. The van der Waals surface area contributed by atoms with Crippen molar-refractivity contribution in [2.24, 2.45) is 0 Å². The third-order valence-corrected chi connectivity index (χ3v) is 6.25. The fraction of sp³-hybridized carbons (Fsp3) is 0.250. The van der Waals surface area contributed by atoms with E-state index in [0.29, 0.717) is 23.5 Å². The number of aryl methyl sites for hydroxylation is 1. The number of benzene rings is 1. The number of cyclic esters (lactones) is 1. The maximum atomic E-state index is 12.7. The van der Waals surface area contributed by atoms with E-state index in [0.717, 1.165) is 21.3 Å². The summed E-state index contributed by atoms with van der Waals surface area (Å²) >= 11 is 3.49. The van der Waals surface area contributed by atoms with Gasteiger partial charge < -0.3 is 14.4 Å². The molecule has 0 spiro atoms. The van der Waals surface area contributed by atoms with E-state index in [-0.39, 0.29) is 12.5 Å². The van der Waals surface area contributed by atoms with Crippen molar-refractivity contribution in [2.75, 3.05) is 32.1 Å². The number of ether oxygens (including phenoxy) is 2. The highest BCUT2D eigenvalue weighted by atomic mass is 79.9. The Morgan fingerprint density at radius 2 is 2.15 bits per heavy atom. The monoisotopic (exact) mass is 510 g/mol. The summed E-state index contributed by atoms with van der Waals surface area (Å²) in [5, 5.41) is 0. The molecule has 1 saturated heterocycles. The molecule has 170 valence electrons. The average Bonchev–Trinajstić information content (AvgIpc) is 3.18. The van der Waals surface area contributed by atoms with Crippen molar-refractivity contribution in [1.82, 2.24) is 14.9 Å². The molecule has 1 fully saturated rings. The second kappa shape index (κ2) is 9.58. The van der Waals surface area contributed by atoms with Gasteiger partial charge in [0.1, 0.15) is 6.10 Å². The van der Waals surface area contributed by atoms with Gasteiger partial charge in [0.05, 0.1) is 31.2 Å². The molecule has 0 bridgehead atoms. The van der Waals surface area contributed by atoms with Gasteiger partial charge in [0, 0.05) is 41.1 Å². The van der Waals surface area contributed by atoms with Crippen molar-refractivity contribution in [2.45, 2.75) is 13.0 Å². The lowest BCUT2D eigenvalue weighted by Gasteiger charge is -2.19. The number of carbonyl (C=O) groups excluding carboxylic acids is 2. The number of pyridine rings is 2. The summed E-state index contributed by atoms with van der Waals surface area (Å²) in [6, 6.07) is 11.0. The molecule has 0 saturated carbocycles. The normalized spacial score (nSPS) is 15.8. The highest BCUT2D eigenvalue weighted by Crippen LogP contribution is 2.27. The zero-order valence-electron chi connectivity index (χ0n) is 18.5. The van der Waals surface area contributed by atoms with Crippen LogP contribution >= 0.6 is 15.9 Å². The Balaban J connectivity index is 1.42. The molecule has 0 unspecified atom stereocenters. The van der Waals surface area contributed by atoms with Crippen LogP contribution in [-0.4, -0.2) is 60.2 Å². The van der Waals surface area contributed by atoms with Crippen molar-refractivity contribution in [3.8, 4) is 5.88 Å². The lowest BCUT2D eigenvalue weighted by Crippen LogP contribution is -2.35. The van der Waals surface area contributed by atoms with Crippen molar-refractivity contribution < 1.29 is 19.1 Å². The number of anilines is 1. The minimum atomic E-state index is -0.424. The number of aromatic nitrogens is 2. The summed E-state index contributed by atoms with van der Waals surface area (Å²) in [6.45, 7) is 2.63. The van der Waals surface area contributed by atoms with Gasteiger partial charge in [-0.05, 0) is 42.8 Å². The second-order valence-corrected chi connectivity index (χ2v) is 8.58. The molecule has 0 N–H and O–H groups in total. The average molecular weight is 511 g/mol. The molecule has 2 amide bonds. The van der Waals surface area contributed by atoms with Crippen LogP contribution in [0, 0.1) is 6.92 Å². The molecule has 4 rings (SSSR count). The molecule has 9 heteroatoms. The third kappa shape index (κ3) is 4.98. The molecule has 0 aliphatic carbocycles. The Labute approximate surface area is 200 Å². The van der Waals surface area contributed by atoms with E-state index in [9.17, 15) is 9.59 Å². The number of likely N-dealkylation sites (N-methyl/N-ethyl adjacent to an activating group) is 1. The van der Waals surface area contributed by atoms with Gasteiger partial charge in [-0.15, -0.1) is 0 Å². The van der Waals surface area contributed by atoms with Crippen molar-refractivity contribution in [3.05, 3.63) is 64.3 Å². The lowest BCUT2D eigenvalue weighted by molar-refractivity contribution is -0.125. The van der Waals surface area contributed by atoms with Gasteiger partial charge in [-0.1, -0.05) is 22.0 Å². The van der Waals surface area contributed by atoms with E-state index in [1.165, 1.54) is 11.0 Å². The Hall–Kier alpha value is -3.46. The van der Waals surface area contributed by atoms with Crippen molar-refractivity contribution in [3.63, 3.8) is 0 Å². The summed E-state index contributed by atoms with van der Waals surface area (Å²) in [6.07, 6.45) is 4.00. The Bertz CT molecular complexity index is 1250. The van der Waals surface area contributed by atoms with Gasteiger partial charge in [-0.25, -0.2) is 9.78 Å². The maximum Gasteiger partial charge on any atom is 0.414 e. The topological polar surface area (TPSA) is 84.9 Å². The number of halogens is 1. The van der Waals surface area contributed by atoms with E-state index in [2.05, 4.69) is 25.9 Å². The molecule has 1 aliphatic rings. The van der Waals surface area contributed by atoms with Gasteiger partial charge in [0.25, 0.3) is 0 Å². The Morgan fingerprint density at radius 3 is 2.91 bits per heavy atom. The predicted octanol–water partition coefficient (Wildman–Crippen LogP) is 4.21. The van der Waals surface area contributed by atoms with E-state index >= 15 is 0 Å². The second-order valence-electron chi connectivity index (χ2n) is 7.72. The quantitative estimate of drug-likeness (QED) is 0.462. The summed E-state index contributed by atoms with van der Waals surface area (Å²) in [5.74, 6) is 0.261. The fourth-order valence-electron chi connectivity index (χ4n) is 3.54. The van der Waals surface area contributed by atoms with Crippen LogP contribution in [0.15, 0.2) is 53.1 Å². The first-order valence-corrected chi connectivity index (χ1v) is 11.1. The van der Waals surface area contributed by atoms with Crippen LogP contribution in [-0.2, 0) is 9.53 Å². The standard InChI is InChI=1S/C24H23BrN4O4/c1-15-4-6-17(12-19(15)25)29-14-18(33-24(29)31)13-28(2)22(30)9-5-16-10-11-26-20-7-8-21(32-3)27-23(16)20/h4-12,18H,13-14H2,1-3H3/t18-/m1/s1. The van der Waals surface area contributed by atoms with Gasteiger partial charge >= 0.3 is 6.09 Å². The zero-order chi connectivity index (χ0) is 23.5. The van der Waals surface area contributed by atoms with Crippen LogP contribution < -0.4 is 9.64 Å². The number of carbonyl (C=O) groups is 2. The number of nitrogens with zero attached hydrogens (tertiary/aromatic N) is 4. The number of fused-ring (bicyclic) bond motifs is 1. The van der Waals surface area contributed by atoms with Gasteiger partial charge in [0.15, 0.2) is 0 Å². The maximum absolute atomic E-state index is 12.7. The molecule has 3 aromatic rings. The summed E-state index contributed by atoms with van der Waals surface area (Å²) in [5.41, 5.74) is 3.94. The summed E-state index contributed by atoms with van der Waals surface area (Å²) < 4.78 is 11.6. The van der Waals surface area contributed by atoms with E-state index in [4.69, 9.17) is 9.47 Å². The minimum Gasteiger partial charge on any atom is -0.481 e. The lowest BCUT2D eigenvalue weighted by atomic mass is 10.2. The fourth-order valence-corrected chi connectivity index (χ4v) is 3.90. The molecule has 1 aromatic carbocycles. The number of rotatable bonds is 6. The highest BCUT2D eigenvalue weighted by Gasteiger charge is 2.33. The van der Waals surface area contributed by atoms with E-state index in [1.807, 2.05) is 31.2 Å². The molecular weight excluding hydrogens is 488 g/mol. The number of amides is 2. The molecule has 33 heavy (non-hydrogen) atoms. The van der Waals surface area contributed by atoms with E-state index in [1.54, 1.807) is 43.5 Å². The molecule has 1 aliphatic heterocycles. The summed E-state index contributed by atoms with van der Waals surface area (Å²) in [7, 11) is 3.23. The van der Waals surface area contributed by atoms with Crippen molar-refractivity contribution in [1.29, 1.82) is 0 Å². The van der Waals surface area contributed by atoms with Crippen LogP contribution in [0.2, 0.25) is 0 Å². The smallest absolute Gasteiger partial charge is 0.414 e.